The zero-order valence-corrected chi connectivity index (χ0v) is 21.0. The maximum absolute atomic E-state index is 13.6. The number of ketones is 1. The third-order valence-corrected chi connectivity index (χ3v) is 6.86. The van der Waals surface area contributed by atoms with Crippen LogP contribution in [0, 0.1) is 0 Å². The molecule has 1 aromatic heterocycles. The highest BCUT2D eigenvalue weighted by molar-refractivity contribution is 5.98. The summed E-state index contributed by atoms with van der Waals surface area (Å²) in [6, 6.07) is 1.27. The molecule has 1 fully saturated rings. The summed E-state index contributed by atoms with van der Waals surface area (Å²) in [4.78, 5) is 44.2. The Bertz CT molecular complexity index is 949. The second-order valence-corrected chi connectivity index (χ2v) is 9.36. The Kier molecular flexibility index (Phi) is 9.78. The van der Waals surface area contributed by atoms with Crippen LogP contribution in [-0.4, -0.2) is 47.9 Å². The SMILES string of the molecule is CCCCCOC1=C(OC)CCc2cc(C(=O)N3CCCCCC3C(=O)CCCC)c(=O)[nH]c21. The van der Waals surface area contributed by atoms with E-state index < -0.39 is 11.6 Å². The van der Waals surface area contributed by atoms with Crippen LogP contribution < -0.4 is 5.56 Å². The smallest absolute Gasteiger partial charge is 0.261 e. The summed E-state index contributed by atoms with van der Waals surface area (Å²) in [7, 11) is 1.61. The number of aromatic nitrogens is 1. The molecule has 1 amide bonds. The second-order valence-electron chi connectivity index (χ2n) is 9.36. The van der Waals surface area contributed by atoms with E-state index in [0.717, 1.165) is 56.9 Å². The van der Waals surface area contributed by atoms with Gasteiger partial charge in [0.25, 0.3) is 11.5 Å². The molecule has 34 heavy (non-hydrogen) atoms. The molecule has 1 unspecified atom stereocenters. The number of likely N-dealkylation sites (tertiary alicyclic amines) is 1. The van der Waals surface area contributed by atoms with Crippen LogP contribution in [0.15, 0.2) is 16.6 Å². The normalized spacial score (nSPS) is 18.3. The van der Waals surface area contributed by atoms with Crippen molar-refractivity contribution in [2.75, 3.05) is 20.3 Å². The number of amides is 1. The van der Waals surface area contributed by atoms with Gasteiger partial charge in [0, 0.05) is 19.4 Å². The van der Waals surface area contributed by atoms with E-state index in [0.29, 0.717) is 56.0 Å². The van der Waals surface area contributed by atoms with Crippen molar-refractivity contribution < 1.29 is 19.1 Å². The number of fused-ring (bicyclic) bond motifs is 1. The lowest BCUT2D eigenvalue weighted by Gasteiger charge is -2.29. The summed E-state index contributed by atoms with van der Waals surface area (Å²) < 4.78 is 11.6. The average Bonchev–Trinajstić information content (AvgIpc) is 3.10. The first-order valence-corrected chi connectivity index (χ1v) is 13.0. The van der Waals surface area contributed by atoms with Crippen molar-refractivity contribution in [2.24, 2.45) is 0 Å². The Morgan fingerprint density at radius 1 is 1.09 bits per heavy atom. The number of nitrogens with zero attached hydrogens (tertiary/aromatic N) is 1. The highest BCUT2D eigenvalue weighted by Crippen LogP contribution is 2.31. The van der Waals surface area contributed by atoms with Crippen LogP contribution in [0.3, 0.4) is 0 Å². The highest BCUT2D eigenvalue weighted by atomic mass is 16.5. The molecule has 7 nitrogen and oxygen atoms in total. The average molecular weight is 473 g/mol. The fourth-order valence-corrected chi connectivity index (χ4v) is 4.87. The number of aryl methyl sites for hydroxylation is 1. The molecule has 0 radical (unpaired) electrons. The van der Waals surface area contributed by atoms with Gasteiger partial charge in [-0.25, -0.2) is 0 Å². The molecule has 0 aromatic carbocycles. The molecule has 188 valence electrons. The Morgan fingerprint density at radius 2 is 1.88 bits per heavy atom. The van der Waals surface area contributed by atoms with Gasteiger partial charge in [-0.1, -0.05) is 46.0 Å². The molecule has 1 aliphatic heterocycles. The molecule has 1 saturated heterocycles. The Balaban J connectivity index is 1.89. The van der Waals surface area contributed by atoms with Crippen molar-refractivity contribution in [2.45, 2.75) is 96.9 Å². The van der Waals surface area contributed by atoms with E-state index in [1.54, 1.807) is 18.1 Å². The molecular formula is C27H40N2O5. The second kappa shape index (κ2) is 12.8. The molecule has 0 saturated carbocycles. The van der Waals surface area contributed by atoms with Crippen LogP contribution in [-0.2, 0) is 20.7 Å². The van der Waals surface area contributed by atoms with Crippen LogP contribution in [0.2, 0.25) is 0 Å². The molecule has 0 spiro atoms. The quantitative estimate of drug-likeness (QED) is 0.459. The Morgan fingerprint density at radius 3 is 2.62 bits per heavy atom. The van der Waals surface area contributed by atoms with E-state index in [1.807, 2.05) is 0 Å². The predicted octanol–water partition coefficient (Wildman–Crippen LogP) is 4.99. The van der Waals surface area contributed by atoms with E-state index in [-0.39, 0.29) is 17.3 Å². The molecule has 1 aromatic rings. The van der Waals surface area contributed by atoms with Crippen LogP contribution in [0.25, 0.3) is 5.76 Å². The van der Waals surface area contributed by atoms with Crippen LogP contribution >= 0.6 is 0 Å². The van der Waals surface area contributed by atoms with Gasteiger partial charge in [-0.3, -0.25) is 14.4 Å². The first kappa shape index (κ1) is 26.0. The predicted molar refractivity (Wildman–Crippen MR) is 133 cm³/mol. The lowest BCUT2D eigenvalue weighted by atomic mass is 9.96. The minimum absolute atomic E-state index is 0.111. The molecule has 2 aliphatic rings. The largest absolute Gasteiger partial charge is 0.497 e. The van der Waals surface area contributed by atoms with Gasteiger partial charge in [0.1, 0.15) is 11.3 Å². The zero-order valence-electron chi connectivity index (χ0n) is 21.0. The molecule has 3 rings (SSSR count). The first-order valence-electron chi connectivity index (χ1n) is 13.0. The number of methoxy groups -OCH3 is 1. The molecule has 1 atom stereocenters. The zero-order chi connectivity index (χ0) is 24.5. The summed E-state index contributed by atoms with van der Waals surface area (Å²) in [6.07, 6.45) is 10.1. The van der Waals surface area contributed by atoms with Crippen molar-refractivity contribution in [3.8, 4) is 0 Å². The lowest BCUT2D eigenvalue weighted by molar-refractivity contribution is -0.123. The van der Waals surface area contributed by atoms with Gasteiger partial charge < -0.3 is 19.4 Å². The highest BCUT2D eigenvalue weighted by Gasteiger charge is 2.33. The monoisotopic (exact) mass is 472 g/mol. The molecule has 1 aliphatic carbocycles. The third kappa shape index (κ3) is 6.10. The minimum Gasteiger partial charge on any atom is -0.497 e. The Labute approximate surface area is 202 Å². The fraction of sp³-hybridized carbons (Fsp3) is 0.667. The summed E-state index contributed by atoms with van der Waals surface area (Å²) in [5.41, 5.74) is 1.14. The minimum atomic E-state index is -0.445. The van der Waals surface area contributed by atoms with Crippen LogP contribution in [0.5, 0.6) is 0 Å². The number of aromatic amines is 1. The summed E-state index contributed by atoms with van der Waals surface area (Å²) in [6.45, 7) is 5.25. The number of nitrogens with one attached hydrogen (secondary N) is 1. The van der Waals surface area contributed by atoms with Gasteiger partial charge in [-0.05, 0) is 43.7 Å². The lowest BCUT2D eigenvalue weighted by Crippen LogP contribution is -2.46. The number of unbranched alkanes of at least 4 members (excludes halogenated alkanes) is 3. The molecule has 0 bridgehead atoms. The molecule has 7 heteroatoms. The maximum Gasteiger partial charge on any atom is 0.261 e. The van der Waals surface area contributed by atoms with E-state index in [2.05, 4.69) is 18.8 Å². The van der Waals surface area contributed by atoms with Gasteiger partial charge >= 0.3 is 0 Å². The molecule has 2 heterocycles. The third-order valence-electron chi connectivity index (χ3n) is 6.86. The van der Waals surface area contributed by atoms with Crippen LogP contribution in [0.4, 0.5) is 0 Å². The molecule has 1 N–H and O–H groups in total. The van der Waals surface area contributed by atoms with Gasteiger partial charge in [0.15, 0.2) is 11.5 Å². The van der Waals surface area contributed by atoms with E-state index in [1.165, 1.54) is 0 Å². The van der Waals surface area contributed by atoms with Gasteiger partial charge in [-0.2, -0.15) is 0 Å². The molecular weight excluding hydrogens is 432 g/mol. The number of hydrogen-bond acceptors (Lipinski definition) is 5. The van der Waals surface area contributed by atoms with Gasteiger partial charge in [-0.15, -0.1) is 0 Å². The fourth-order valence-electron chi connectivity index (χ4n) is 4.87. The van der Waals surface area contributed by atoms with Crippen molar-refractivity contribution in [3.63, 3.8) is 0 Å². The summed E-state index contributed by atoms with van der Waals surface area (Å²) in [5.74, 6) is 1.06. The van der Waals surface area contributed by atoms with E-state index >= 15 is 0 Å². The van der Waals surface area contributed by atoms with Gasteiger partial charge in [0.05, 0.1) is 25.5 Å². The van der Waals surface area contributed by atoms with Crippen molar-refractivity contribution >= 4 is 17.4 Å². The van der Waals surface area contributed by atoms with E-state index in [4.69, 9.17) is 9.47 Å². The summed E-state index contributed by atoms with van der Waals surface area (Å²) >= 11 is 0. The number of carbonyl (C=O) groups excluding carboxylic acids is 2. The summed E-state index contributed by atoms with van der Waals surface area (Å²) in [5, 5.41) is 0. The maximum atomic E-state index is 13.6. The van der Waals surface area contributed by atoms with Gasteiger partial charge in [0.2, 0.25) is 0 Å². The number of allylic oxidation sites excluding steroid dienone is 1. The number of pyridine rings is 1. The van der Waals surface area contributed by atoms with Crippen molar-refractivity contribution in [1.29, 1.82) is 0 Å². The number of hydrogen-bond donors (Lipinski definition) is 1. The van der Waals surface area contributed by atoms with Crippen molar-refractivity contribution in [1.82, 2.24) is 9.88 Å². The van der Waals surface area contributed by atoms with Crippen LogP contribution in [0.1, 0.15) is 106 Å². The topological polar surface area (TPSA) is 88.7 Å². The number of H-pyrrole nitrogens is 1. The standard InChI is InChI=1S/C27H40N2O5/c1-4-6-11-17-34-25-23(33-3)15-14-19-18-20(26(31)28-24(19)25)27(32)29-16-10-8-9-12-21(29)22(30)13-7-5-2/h18,21H,4-17H2,1-3H3,(H,28,31). The number of Topliss-reactive ketones (excluding diaryl/α,β-unsaturated/α-hetero) is 1. The Hall–Kier alpha value is -2.57. The van der Waals surface area contributed by atoms with E-state index in [9.17, 15) is 14.4 Å². The number of carbonyl (C=O) groups is 2. The number of rotatable bonds is 11. The number of ether oxygens (including phenoxy) is 2. The van der Waals surface area contributed by atoms with Crippen molar-refractivity contribution in [3.05, 3.63) is 39.0 Å². The first-order chi connectivity index (χ1) is 16.5.